The van der Waals surface area contributed by atoms with Crippen LogP contribution in [0.5, 0.6) is 0 Å². The van der Waals surface area contributed by atoms with Crippen LogP contribution in [-0.2, 0) is 35.8 Å². The molecule has 9 rings (SSSR count). The first-order valence-electron chi connectivity index (χ1n) is 15.9. The number of alkyl halides is 2. The zero-order valence-electron chi connectivity index (χ0n) is 25.4. The topological polar surface area (TPSA) is 93.9 Å². The second-order valence-electron chi connectivity index (χ2n) is 13.9. The minimum atomic E-state index is -2.88. The lowest BCUT2D eigenvalue weighted by atomic mass is 9.53. The molecular weight excluding hydrogens is 576 g/mol. The number of piperidine rings is 1. The van der Waals surface area contributed by atoms with Crippen LogP contribution < -0.4 is 0 Å². The first kappa shape index (κ1) is 27.2. The number of carbonyl (C=O) groups is 1. The number of hydrogen-bond acceptors (Lipinski definition) is 5. The van der Waals surface area contributed by atoms with Crippen LogP contribution in [0.4, 0.5) is 8.78 Å². The lowest BCUT2D eigenvalue weighted by Crippen LogP contribution is -2.56. The second-order valence-corrected chi connectivity index (χ2v) is 13.9. The molecule has 1 aromatic carbocycles. The van der Waals surface area contributed by atoms with Gasteiger partial charge in [-0.2, -0.15) is 10.2 Å². The third-order valence-electron chi connectivity index (χ3n) is 11.2. The summed E-state index contributed by atoms with van der Waals surface area (Å²) in [6.45, 7) is 1.57. The molecule has 3 fully saturated rings. The third kappa shape index (κ3) is 3.92. The fourth-order valence-corrected chi connectivity index (χ4v) is 8.93. The molecule has 2 spiro atoms. The van der Waals surface area contributed by atoms with Crippen LogP contribution >= 0.6 is 0 Å². The van der Waals surface area contributed by atoms with Gasteiger partial charge in [0.25, 0.3) is 5.92 Å². The molecule has 2 aliphatic heterocycles. The zero-order chi connectivity index (χ0) is 30.7. The van der Waals surface area contributed by atoms with Gasteiger partial charge >= 0.3 is 0 Å². The van der Waals surface area contributed by atoms with E-state index in [2.05, 4.69) is 33.4 Å². The van der Waals surface area contributed by atoms with Crippen LogP contribution in [0.1, 0.15) is 56.1 Å². The van der Waals surface area contributed by atoms with E-state index in [-0.39, 0.29) is 17.7 Å². The third-order valence-corrected chi connectivity index (χ3v) is 11.2. The number of aromatic nitrogens is 6. The van der Waals surface area contributed by atoms with E-state index < -0.39 is 17.4 Å². The Hall–Kier alpha value is -4.12. The molecule has 2 saturated carbocycles. The number of H-pyrrole nitrogens is 1. The summed E-state index contributed by atoms with van der Waals surface area (Å²) in [5.74, 6) is -4.39. The van der Waals surface area contributed by atoms with Crippen molar-refractivity contribution in [3.63, 3.8) is 0 Å². The van der Waals surface area contributed by atoms with E-state index in [9.17, 15) is 13.6 Å². The summed E-state index contributed by atoms with van der Waals surface area (Å²) in [5, 5.41) is 11.1. The van der Waals surface area contributed by atoms with Gasteiger partial charge in [-0.25, -0.2) is 13.8 Å². The summed E-state index contributed by atoms with van der Waals surface area (Å²) in [6, 6.07) is 6.45. The molecule has 5 aromatic rings. The fraction of sp³-hybridized carbons (Fsp3) is 0.471. The summed E-state index contributed by atoms with van der Waals surface area (Å²) in [7, 11) is 3.86. The highest BCUT2D eigenvalue weighted by atomic mass is 19.3. The predicted molar refractivity (Wildman–Crippen MR) is 164 cm³/mol. The maximum absolute atomic E-state index is 14.4. The number of aromatic amines is 1. The summed E-state index contributed by atoms with van der Waals surface area (Å²) >= 11 is 0. The van der Waals surface area contributed by atoms with Crippen molar-refractivity contribution < 1.29 is 18.3 Å². The van der Waals surface area contributed by atoms with E-state index in [0.717, 1.165) is 75.6 Å². The van der Waals surface area contributed by atoms with Gasteiger partial charge in [0, 0.05) is 79.0 Å². The molecule has 11 heteroatoms. The van der Waals surface area contributed by atoms with E-state index in [1.54, 1.807) is 9.58 Å². The molecule has 0 bridgehead atoms. The number of rotatable bonds is 3. The molecule has 1 N–H and O–H groups in total. The van der Waals surface area contributed by atoms with Crippen LogP contribution in [0.3, 0.4) is 0 Å². The summed E-state index contributed by atoms with van der Waals surface area (Å²) in [4.78, 5) is 23.3. The predicted octanol–water partition coefficient (Wildman–Crippen LogP) is 6.08. The number of hydrogen-bond donors (Lipinski definition) is 1. The maximum Gasteiger partial charge on any atom is 0.259 e. The molecule has 1 atom stereocenters. The molecular formula is C34H35F2N7O2. The average Bonchev–Trinajstić information content (AvgIpc) is 3.83. The van der Waals surface area contributed by atoms with Crippen molar-refractivity contribution >= 4 is 27.8 Å². The Kier molecular flexibility index (Phi) is 5.57. The van der Waals surface area contributed by atoms with Crippen LogP contribution in [-0.4, -0.2) is 59.3 Å². The quantitative estimate of drug-likeness (QED) is 0.267. The minimum absolute atomic E-state index is 0.0312. The molecule has 4 aromatic heterocycles. The van der Waals surface area contributed by atoms with E-state index in [4.69, 9.17) is 9.72 Å². The second kappa shape index (κ2) is 9.22. The van der Waals surface area contributed by atoms with Crippen molar-refractivity contribution in [3.8, 4) is 22.4 Å². The Balaban J connectivity index is 1.09. The molecule has 4 aliphatic rings. The number of amides is 1. The lowest BCUT2D eigenvalue weighted by molar-refractivity contribution is -0.186. The van der Waals surface area contributed by atoms with Gasteiger partial charge < -0.3 is 14.6 Å². The summed E-state index contributed by atoms with van der Waals surface area (Å²) in [6.07, 6.45) is 11.6. The van der Waals surface area contributed by atoms with Crippen LogP contribution in [0, 0.1) is 11.3 Å². The SMILES string of the molecule is Cn1cc(-c2[nH]c3ncc4c(c3c2-c2ccc3c(cnn3C)c2)C2(CC3(CCN(C(=O)C5CCCC5(F)F)CC3)C2)OC4)cn1. The normalized spacial score (nSPS) is 22.9. The smallest absolute Gasteiger partial charge is 0.259 e. The Bertz CT molecular complexity index is 2010. The van der Waals surface area contributed by atoms with Gasteiger partial charge in [0.15, 0.2) is 0 Å². The highest BCUT2D eigenvalue weighted by Gasteiger charge is 2.61. The largest absolute Gasteiger partial charge is 0.365 e. The van der Waals surface area contributed by atoms with Gasteiger partial charge in [0.1, 0.15) is 11.6 Å². The number of ether oxygens (including phenoxy) is 1. The number of benzene rings is 1. The number of halogens is 2. The van der Waals surface area contributed by atoms with Gasteiger partial charge in [0.2, 0.25) is 5.91 Å². The highest BCUT2D eigenvalue weighted by molar-refractivity contribution is 6.06. The zero-order valence-corrected chi connectivity index (χ0v) is 25.4. The Labute approximate surface area is 258 Å². The maximum atomic E-state index is 14.4. The molecule has 2 aliphatic carbocycles. The Morgan fingerprint density at radius 2 is 1.87 bits per heavy atom. The first-order valence-corrected chi connectivity index (χ1v) is 15.9. The molecule has 6 heterocycles. The molecule has 232 valence electrons. The Morgan fingerprint density at radius 3 is 2.60 bits per heavy atom. The summed E-state index contributed by atoms with van der Waals surface area (Å²) in [5.41, 5.74) is 7.88. The molecule has 1 saturated heterocycles. The van der Waals surface area contributed by atoms with E-state index in [1.807, 2.05) is 43.6 Å². The van der Waals surface area contributed by atoms with Crippen molar-refractivity contribution in [2.45, 2.75) is 63.1 Å². The fourth-order valence-electron chi connectivity index (χ4n) is 8.93. The first-order chi connectivity index (χ1) is 21.7. The van der Waals surface area contributed by atoms with Gasteiger partial charge in [-0.05, 0) is 61.6 Å². The molecule has 0 radical (unpaired) electrons. The Morgan fingerprint density at radius 1 is 1.04 bits per heavy atom. The van der Waals surface area contributed by atoms with Gasteiger partial charge in [-0.15, -0.1) is 0 Å². The lowest BCUT2D eigenvalue weighted by Gasteiger charge is -2.57. The van der Waals surface area contributed by atoms with Crippen LogP contribution in [0.15, 0.2) is 43.0 Å². The molecule has 9 nitrogen and oxygen atoms in total. The minimum Gasteiger partial charge on any atom is -0.365 e. The molecule has 1 unspecified atom stereocenters. The number of nitrogens with zero attached hydrogens (tertiary/aromatic N) is 6. The van der Waals surface area contributed by atoms with Crippen molar-refractivity contribution in [1.29, 1.82) is 0 Å². The standard InChI is InChI=1S/C34H35F2N7O2/c1-41-16-22(15-38-41)29-26(20-5-6-25-21(12-20)14-39-42(25)2)27-28-23(13-37-30(27)40-29)17-45-33(28)18-32(19-33)8-10-43(11-9-32)31(44)24-4-3-7-34(24,35)36/h5-6,12-16,24H,3-4,7-11,17-19H2,1-2H3,(H,37,40). The van der Waals surface area contributed by atoms with Crippen LogP contribution in [0.25, 0.3) is 44.3 Å². The van der Waals surface area contributed by atoms with Crippen LogP contribution in [0.2, 0.25) is 0 Å². The van der Waals surface area contributed by atoms with E-state index in [1.165, 1.54) is 5.56 Å². The van der Waals surface area contributed by atoms with Gasteiger partial charge in [0.05, 0.1) is 35.8 Å². The number of pyridine rings is 1. The van der Waals surface area contributed by atoms with Gasteiger partial charge in [-0.3, -0.25) is 14.2 Å². The monoisotopic (exact) mass is 611 g/mol. The number of fused-ring (bicyclic) bond motifs is 5. The van der Waals surface area contributed by atoms with Crippen molar-refractivity contribution in [2.24, 2.45) is 25.4 Å². The number of nitrogens with one attached hydrogen (secondary N) is 1. The molecule has 1 amide bonds. The number of carbonyl (C=O) groups excluding carboxylic acids is 1. The van der Waals surface area contributed by atoms with Gasteiger partial charge in [-0.1, -0.05) is 6.07 Å². The molecule has 45 heavy (non-hydrogen) atoms. The highest BCUT2D eigenvalue weighted by Crippen LogP contribution is 2.65. The number of likely N-dealkylation sites (tertiary alicyclic amines) is 1. The van der Waals surface area contributed by atoms with Crippen molar-refractivity contribution in [3.05, 3.63) is 54.1 Å². The number of aryl methyl sites for hydroxylation is 2. The summed E-state index contributed by atoms with van der Waals surface area (Å²) < 4.78 is 39.1. The van der Waals surface area contributed by atoms with Crippen molar-refractivity contribution in [2.75, 3.05) is 13.1 Å². The van der Waals surface area contributed by atoms with E-state index >= 15 is 0 Å². The average molecular weight is 612 g/mol. The van der Waals surface area contributed by atoms with Crippen molar-refractivity contribution in [1.82, 2.24) is 34.4 Å². The van der Waals surface area contributed by atoms with E-state index in [0.29, 0.717) is 32.5 Å².